The van der Waals surface area contributed by atoms with Gasteiger partial charge in [-0.3, -0.25) is 4.79 Å². The molecule has 0 spiro atoms. The monoisotopic (exact) mass is 311 g/mol. The largest absolute Gasteiger partial charge is 0.478 e. The molecule has 0 aliphatic carbocycles. The molecule has 0 radical (unpaired) electrons. The van der Waals surface area contributed by atoms with Crippen molar-refractivity contribution in [3.8, 4) is 0 Å². The number of aromatic nitrogens is 2. The summed E-state index contributed by atoms with van der Waals surface area (Å²) < 4.78 is 0. The molecule has 1 N–H and O–H groups in total. The molecular weight excluding hydrogens is 294 g/mol. The second-order valence-corrected chi connectivity index (χ2v) is 5.63. The average molecular weight is 311 g/mol. The zero-order chi connectivity index (χ0) is 16.2. The first kappa shape index (κ1) is 15.1. The number of aromatic carboxylic acids is 1. The number of carboxylic acid groups (broad SMARTS) is 1. The van der Waals surface area contributed by atoms with Crippen molar-refractivity contribution in [3.05, 3.63) is 59.4 Å². The van der Waals surface area contributed by atoms with Gasteiger partial charge >= 0.3 is 5.97 Å². The Labute approximate surface area is 133 Å². The molecule has 3 rings (SSSR count). The molecule has 1 saturated heterocycles. The van der Waals surface area contributed by atoms with Gasteiger partial charge in [0.1, 0.15) is 0 Å². The average Bonchev–Trinajstić information content (AvgIpc) is 2.62. The smallest absolute Gasteiger partial charge is 0.335 e. The van der Waals surface area contributed by atoms with Crippen LogP contribution in [0, 0.1) is 0 Å². The Morgan fingerprint density at radius 2 is 1.96 bits per heavy atom. The molecule has 1 aromatic carbocycles. The number of carboxylic acids is 1. The van der Waals surface area contributed by atoms with Gasteiger partial charge in [0.2, 0.25) is 0 Å². The van der Waals surface area contributed by atoms with Crippen molar-refractivity contribution in [2.75, 3.05) is 13.1 Å². The molecule has 1 atom stereocenters. The lowest BCUT2D eigenvalue weighted by Gasteiger charge is -2.32. The standard InChI is InChI=1S/C17H17N3O3/c21-16(15-4-1-9-18-19-15)20-10-2-3-14(11-20)12-5-7-13(8-6-12)17(22)23/h1,4-9,14H,2-3,10-11H2,(H,22,23)/t14-/m1/s1. The van der Waals surface area contributed by atoms with Gasteiger partial charge in [0.25, 0.3) is 5.91 Å². The molecular formula is C17H17N3O3. The summed E-state index contributed by atoms with van der Waals surface area (Å²) in [4.78, 5) is 25.2. The van der Waals surface area contributed by atoms with Crippen LogP contribution in [-0.4, -0.2) is 45.2 Å². The summed E-state index contributed by atoms with van der Waals surface area (Å²) in [5.41, 5.74) is 1.69. The van der Waals surface area contributed by atoms with E-state index in [1.807, 2.05) is 12.1 Å². The molecule has 23 heavy (non-hydrogen) atoms. The predicted octanol–water partition coefficient (Wildman–Crippen LogP) is 2.19. The second-order valence-electron chi connectivity index (χ2n) is 5.63. The summed E-state index contributed by atoms with van der Waals surface area (Å²) in [5, 5.41) is 16.6. The van der Waals surface area contributed by atoms with Gasteiger partial charge in [-0.05, 0) is 42.7 Å². The number of carbonyl (C=O) groups excluding carboxylic acids is 1. The van der Waals surface area contributed by atoms with E-state index in [0.29, 0.717) is 18.8 Å². The molecule has 1 aromatic heterocycles. The van der Waals surface area contributed by atoms with E-state index in [1.54, 1.807) is 35.4 Å². The van der Waals surface area contributed by atoms with E-state index >= 15 is 0 Å². The molecule has 2 aromatic rings. The molecule has 1 fully saturated rings. The Kier molecular flexibility index (Phi) is 4.32. The highest BCUT2D eigenvalue weighted by atomic mass is 16.4. The zero-order valence-corrected chi connectivity index (χ0v) is 12.6. The number of hydrogen-bond donors (Lipinski definition) is 1. The minimum atomic E-state index is -0.931. The van der Waals surface area contributed by atoms with Crippen LogP contribution in [0.1, 0.15) is 45.2 Å². The molecule has 0 unspecified atom stereocenters. The van der Waals surface area contributed by atoms with Crippen LogP contribution in [0.3, 0.4) is 0 Å². The highest BCUT2D eigenvalue weighted by molar-refractivity contribution is 5.92. The molecule has 1 amide bonds. The highest BCUT2D eigenvalue weighted by Crippen LogP contribution is 2.27. The number of amides is 1. The quantitative estimate of drug-likeness (QED) is 0.939. The van der Waals surface area contributed by atoms with E-state index in [4.69, 9.17) is 5.11 Å². The topological polar surface area (TPSA) is 83.4 Å². The van der Waals surface area contributed by atoms with Gasteiger partial charge in [-0.2, -0.15) is 5.10 Å². The number of piperidine rings is 1. The minimum absolute atomic E-state index is 0.107. The van der Waals surface area contributed by atoms with Gasteiger partial charge < -0.3 is 10.0 Å². The summed E-state index contributed by atoms with van der Waals surface area (Å²) in [5.74, 6) is -0.822. The third-order valence-corrected chi connectivity index (χ3v) is 4.13. The normalized spacial score (nSPS) is 17.7. The zero-order valence-electron chi connectivity index (χ0n) is 12.6. The van der Waals surface area contributed by atoms with Crippen molar-refractivity contribution >= 4 is 11.9 Å². The minimum Gasteiger partial charge on any atom is -0.478 e. The maximum atomic E-state index is 12.5. The second kappa shape index (κ2) is 6.56. The lowest BCUT2D eigenvalue weighted by Crippen LogP contribution is -2.39. The van der Waals surface area contributed by atoms with Gasteiger partial charge in [-0.1, -0.05) is 12.1 Å². The molecule has 1 aliphatic rings. The number of likely N-dealkylation sites (tertiary alicyclic amines) is 1. The maximum Gasteiger partial charge on any atom is 0.335 e. The van der Waals surface area contributed by atoms with Crippen LogP contribution in [0.25, 0.3) is 0 Å². The van der Waals surface area contributed by atoms with E-state index in [-0.39, 0.29) is 17.4 Å². The molecule has 0 saturated carbocycles. The summed E-state index contributed by atoms with van der Waals surface area (Å²) in [7, 11) is 0. The number of nitrogens with zero attached hydrogens (tertiary/aromatic N) is 3. The predicted molar refractivity (Wildman–Crippen MR) is 83.3 cm³/mol. The molecule has 6 nitrogen and oxygen atoms in total. The van der Waals surface area contributed by atoms with E-state index in [1.165, 1.54) is 0 Å². The Morgan fingerprint density at radius 3 is 2.61 bits per heavy atom. The third kappa shape index (κ3) is 3.36. The van der Waals surface area contributed by atoms with E-state index < -0.39 is 5.97 Å². The first-order valence-electron chi connectivity index (χ1n) is 7.55. The molecule has 118 valence electrons. The van der Waals surface area contributed by atoms with Crippen molar-refractivity contribution in [3.63, 3.8) is 0 Å². The first-order chi connectivity index (χ1) is 11.1. The van der Waals surface area contributed by atoms with E-state index in [9.17, 15) is 9.59 Å². The Morgan fingerprint density at radius 1 is 1.17 bits per heavy atom. The van der Waals surface area contributed by atoms with E-state index in [0.717, 1.165) is 18.4 Å². The van der Waals surface area contributed by atoms with E-state index in [2.05, 4.69) is 10.2 Å². The number of benzene rings is 1. The van der Waals surface area contributed by atoms with Crippen molar-refractivity contribution in [1.82, 2.24) is 15.1 Å². The van der Waals surface area contributed by atoms with Crippen LogP contribution >= 0.6 is 0 Å². The van der Waals surface area contributed by atoms with Gasteiger partial charge in [-0.15, -0.1) is 5.10 Å². The maximum absolute atomic E-state index is 12.5. The molecule has 2 heterocycles. The van der Waals surface area contributed by atoms with Crippen LogP contribution in [0.2, 0.25) is 0 Å². The summed E-state index contributed by atoms with van der Waals surface area (Å²) in [6.45, 7) is 1.32. The SMILES string of the molecule is O=C(O)c1ccc([C@@H]2CCCN(C(=O)c3cccnn3)C2)cc1. The van der Waals surface area contributed by atoms with Crippen molar-refractivity contribution in [1.29, 1.82) is 0 Å². The van der Waals surface area contributed by atoms with Crippen molar-refractivity contribution in [2.24, 2.45) is 0 Å². The fourth-order valence-electron chi connectivity index (χ4n) is 2.91. The number of hydrogen-bond acceptors (Lipinski definition) is 4. The first-order valence-corrected chi connectivity index (χ1v) is 7.55. The molecule has 0 bridgehead atoms. The van der Waals surface area contributed by atoms with Gasteiger partial charge in [0.05, 0.1) is 5.56 Å². The van der Waals surface area contributed by atoms with Gasteiger partial charge in [0, 0.05) is 25.2 Å². The molecule has 1 aliphatic heterocycles. The Balaban J connectivity index is 1.73. The third-order valence-electron chi connectivity index (χ3n) is 4.13. The van der Waals surface area contributed by atoms with Crippen molar-refractivity contribution < 1.29 is 14.7 Å². The van der Waals surface area contributed by atoms with Crippen LogP contribution in [0.5, 0.6) is 0 Å². The van der Waals surface area contributed by atoms with Crippen LogP contribution < -0.4 is 0 Å². The fourth-order valence-corrected chi connectivity index (χ4v) is 2.91. The number of carbonyl (C=O) groups is 2. The Hall–Kier alpha value is -2.76. The van der Waals surface area contributed by atoms with Gasteiger partial charge in [0.15, 0.2) is 5.69 Å². The van der Waals surface area contributed by atoms with Crippen molar-refractivity contribution in [2.45, 2.75) is 18.8 Å². The molecule has 6 heteroatoms. The van der Waals surface area contributed by atoms with Crippen LogP contribution in [-0.2, 0) is 0 Å². The lowest BCUT2D eigenvalue weighted by molar-refractivity contribution is 0.0691. The summed E-state index contributed by atoms with van der Waals surface area (Å²) >= 11 is 0. The number of rotatable bonds is 3. The summed E-state index contributed by atoms with van der Waals surface area (Å²) in [6.07, 6.45) is 3.44. The highest BCUT2D eigenvalue weighted by Gasteiger charge is 2.26. The Bertz CT molecular complexity index is 701. The van der Waals surface area contributed by atoms with Gasteiger partial charge in [-0.25, -0.2) is 4.79 Å². The fraction of sp³-hybridized carbons (Fsp3) is 0.294. The lowest BCUT2D eigenvalue weighted by atomic mass is 9.90. The van der Waals surface area contributed by atoms with Crippen LogP contribution in [0.15, 0.2) is 42.6 Å². The van der Waals surface area contributed by atoms with Crippen LogP contribution in [0.4, 0.5) is 0 Å². The summed E-state index contributed by atoms with van der Waals surface area (Å²) in [6, 6.07) is 10.3.